The molecule has 0 spiro atoms. The summed E-state index contributed by atoms with van der Waals surface area (Å²) >= 11 is 1.66. The Bertz CT molecular complexity index is 297. The second-order valence-corrected chi connectivity index (χ2v) is 5.49. The van der Waals surface area contributed by atoms with Crippen LogP contribution in [0.2, 0.25) is 0 Å². The first kappa shape index (κ1) is 16.3. The lowest BCUT2D eigenvalue weighted by molar-refractivity contribution is -0.120. The highest BCUT2D eigenvalue weighted by atomic mass is 32.2. The maximum absolute atomic E-state index is 11.1. The highest BCUT2D eigenvalue weighted by Crippen LogP contribution is 2.21. The van der Waals surface area contributed by atoms with E-state index in [0.717, 1.165) is 24.4 Å². The number of Topliss-reactive ketones (excluding diaryl/α,β-unsaturated/α-hetero) is 1. The monoisotopic (exact) mass is 255 g/mol. The van der Waals surface area contributed by atoms with Crippen molar-refractivity contribution in [3.63, 3.8) is 0 Å². The number of ketones is 1. The average molecular weight is 255 g/mol. The van der Waals surface area contributed by atoms with Gasteiger partial charge in [-0.25, -0.2) is 0 Å². The zero-order valence-corrected chi connectivity index (χ0v) is 12.6. The van der Waals surface area contributed by atoms with Crippen LogP contribution in [-0.4, -0.2) is 24.3 Å². The van der Waals surface area contributed by atoms with Crippen LogP contribution in [0.15, 0.2) is 22.6 Å². The van der Waals surface area contributed by atoms with E-state index in [1.165, 1.54) is 5.57 Å². The van der Waals surface area contributed by atoms with E-state index in [2.05, 4.69) is 30.7 Å². The molecule has 1 unspecified atom stereocenters. The summed E-state index contributed by atoms with van der Waals surface area (Å²) in [6.07, 6.45) is 1.97. The van der Waals surface area contributed by atoms with Gasteiger partial charge in [0.05, 0.1) is 5.03 Å². The molecule has 0 N–H and O–H groups in total. The smallest absolute Gasteiger partial charge is 0.132 e. The van der Waals surface area contributed by atoms with E-state index in [4.69, 9.17) is 0 Å². The standard InChI is InChI=1S/C14H25NOS/c1-7-11(2)10-17-14(5)15(6)9-8-12(3)13(4)16/h10,12H,5,7-9H2,1-4,6H3. The van der Waals surface area contributed by atoms with Crippen LogP contribution in [0.4, 0.5) is 0 Å². The molecule has 17 heavy (non-hydrogen) atoms. The molecule has 0 aromatic carbocycles. The van der Waals surface area contributed by atoms with Gasteiger partial charge in [0.2, 0.25) is 0 Å². The molecule has 0 radical (unpaired) electrons. The Labute approximate surface area is 110 Å². The molecule has 0 rings (SSSR count). The molecule has 0 heterocycles. The van der Waals surface area contributed by atoms with E-state index in [9.17, 15) is 4.79 Å². The molecule has 0 aromatic heterocycles. The number of allylic oxidation sites excluding steroid dienone is 1. The molecule has 0 saturated carbocycles. The summed E-state index contributed by atoms with van der Waals surface area (Å²) in [5, 5.41) is 3.18. The fourth-order valence-electron chi connectivity index (χ4n) is 1.06. The van der Waals surface area contributed by atoms with Gasteiger partial charge in [0.1, 0.15) is 5.78 Å². The third kappa shape index (κ3) is 7.27. The number of hydrogen-bond acceptors (Lipinski definition) is 3. The van der Waals surface area contributed by atoms with Gasteiger partial charge in [0, 0.05) is 19.5 Å². The van der Waals surface area contributed by atoms with Crippen molar-refractivity contribution in [3.8, 4) is 0 Å². The molecule has 98 valence electrons. The number of rotatable bonds is 8. The molecule has 0 aliphatic rings. The minimum Gasteiger partial charge on any atom is -0.370 e. The molecule has 0 aliphatic heterocycles. The summed E-state index contributed by atoms with van der Waals surface area (Å²) in [7, 11) is 2.03. The van der Waals surface area contributed by atoms with Gasteiger partial charge in [-0.1, -0.05) is 37.8 Å². The number of thioether (sulfide) groups is 1. The van der Waals surface area contributed by atoms with Gasteiger partial charge in [0.15, 0.2) is 0 Å². The first-order valence-corrected chi connectivity index (χ1v) is 6.99. The van der Waals surface area contributed by atoms with Gasteiger partial charge in [-0.05, 0) is 32.1 Å². The van der Waals surface area contributed by atoms with E-state index in [1.807, 2.05) is 14.0 Å². The van der Waals surface area contributed by atoms with E-state index in [0.29, 0.717) is 0 Å². The van der Waals surface area contributed by atoms with Crippen LogP contribution >= 0.6 is 11.8 Å². The van der Waals surface area contributed by atoms with Gasteiger partial charge >= 0.3 is 0 Å². The lowest BCUT2D eigenvalue weighted by Crippen LogP contribution is -2.20. The normalized spacial score (nSPS) is 13.4. The fourth-order valence-corrected chi connectivity index (χ4v) is 1.83. The minimum absolute atomic E-state index is 0.142. The molecule has 0 bridgehead atoms. The van der Waals surface area contributed by atoms with Crippen molar-refractivity contribution in [1.29, 1.82) is 0 Å². The predicted molar refractivity (Wildman–Crippen MR) is 77.9 cm³/mol. The molecule has 3 heteroatoms. The van der Waals surface area contributed by atoms with Crippen LogP contribution in [0, 0.1) is 5.92 Å². The van der Waals surface area contributed by atoms with Crippen molar-refractivity contribution in [2.75, 3.05) is 13.6 Å². The van der Waals surface area contributed by atoms with Crippen LogP contribution in [-0.2, 0) is 4.79 Å². The summed E-state index contributed by atoms with van der Waals surface area (Å²) in [6.45, 7) is 12.8. The van der Waals surface area contributed by atoms with E-state index >= 15 is 0 Å². The number of hydrogen-bond donors (Lipinski definition) is 0. The van der Waals surface area contributed by atoms with Gasteiger partial charge in [-0.15, -0.1) is 0 Å². The maximum Gasteiger partial charge on any atom is 0.132 e. The van der Waals surface area contributed by atoms with Crippen molar-refractivity contribution in [2.24, 2.45) is 5.92 Å². The molecular weight excluding hydrogens is 230 g/mol. The summed E-state index contributed by atoms with van der Waals surface area (Å²) < 4.78 is 0. The second kappa shape index (κ2) is 8.40. The highest BCUT2D eigenvalue weighted by Gasteiger charge is 2.09. The Balaban J connectivity index is 4.02. The average Bonchev–Trinajstić information content (AvgIpc) is 2.31. The zero-order chi connectivity index (χ0) is 13.4. The molecule has 0 saturated heterocycles. The van der Waals surface area contributed by atoms with E-state index in [1.54, 1.807) is 18.7 Å². The van der Waals surface area contributed by atoms with E-state index < -0.39 is 0 Å². The Hall–Kier alpha value is -0.700. The van der Waals surface area contributed by atoms with E-state index in [-0.39, 0.29) is 11.7 Å². The van der Waals surface area contributed by atoms with Gasteiger partial charge in [0.25, 0.3) is 0 Å². The summed E-state index contributed by atoms with van der Waals surface area (Å²) in [4.78, 5) is 13.2. The summed E-state index contributed by atoms with van der Waals surface area (Å²) in [6, 6.07) is 0. The van der Waals surface area contributed by atoms with Crippen LogP contribution < -0.4 is 0 Å². The zero-order valence-electron chi connectivity index (χ0n) is 11.7. The lowest BCUT2D eigenvalue weighted by Gasteiger charge is -2.21. The molecule has 1 atom stereocenters. The number of carbonyl (C=O) groups is 1. The first-order chi connectivity index (χ1) is 7.88. The SMILES string of the molecule is C=C(SC=C(C)CC)N(C)CCC(C)C(C)=O. The Kier molecular flexibility index (Phi) is 8.05. The van der Waals surface area contributed by atoms with Gasteiger partial charge < -0.3 is 4.90 Å². The summed E-state index contributed by atoms with van der Waals surface area (Å²) in [5.74, 6) is 0.404. The minimum atomic E-state index is 0.142. The van der Waals surface area contributed by atoms with Crippen molar-refractivity contribution < 1.29 is 4.79 Å². The van der Waals surface area contributed by atoms with Crippen molar-refractivity contribution in [1.82, 2.24) is 4.90 Å². The predicted octanol–water partition coefficient (Wildman–Crippen LogP) is 4.05. The van der Waals surface area contributed by atoms with Gasteiger partial charge in [-0.2, -0.15) is 0 Å². The second-order valence-electron chi connectivity index (χ2n) is 4.55. The topological polar surface area (TPSA) is 20.3 Å². The maximum atomic E-state index is 11.1. The third-order valence-electron chi connectivity index (χ3n) is 2.97. The Morgan fingerprint density at radius 1 is 1.47 bits per heavy atom. The number of carbonyl (C=O) groups excluding carboxylic acids is 1. The quantitative estimate of drug-likeness (QED) is 0.652. The molecule has 2 nitrogen and oxygen atoms in total. The Morgan fingerprint density at radius 3 is 2.53 bits per heavy atom. The van der Waals surface area contributed by atoms with Crippen LogP contribution in [0.3, 0.4) is 0 Å². The van der Waals surface area contributed by atoms with Crippen LogP contribution in [0.25, 0.3) is 0 Å². The third-order valence-corrected chi connectivity index (χ3v) is 4.08. The summed E-state index contributed by atoms with van der Waals surface area (Å²) in [5.41, 5.74) is 1.36. The van der Waals surface area contributed by atoms with Crippen molar-refractivity contribution in [3.05, 3.63) is 22.6 Å². The number of nitrogens with zero attached hydrogens (tertiary/aromatic N) is 1. The Morgan fingerprint density at radius 2 is 2.06 bits per heavy atom. The molecule has 0 aromatic rings. The van der Waals surface area contributed by atoms with Crippen LogP contribution in [0.1, 0.15) is 40.5 Å². The lowest BCUT2D eigenvalue weighted by atomic mass is 10.0. The first-order valence-electron chi connectivity index (χ1n) is 6.11. The molecule has 0 fully saturated rings. The van der Waals surface area contributed by atoms with Crippen molar-refractivity contribution in [2.45, 2.75) is 40.5 Å². The molecular formula is C14H25NOS. The fraction of sp³-hybridized carbons (Fsp3) is 0.643. The molecule has 0 aliphatic carbocycles. The highest BCUT2D eigenvalue weighted by molar-refractivity contribution is 8.05. The van der Waals surface area contributed by atoms with Gasteiger partial charge in [-0.3, -0.25) is 4.79 Å². The van der Waals surface area contributed by atoms with Crippen LogP contribution in [0.5, 0.6) is 0 Å². The molecule has 0 amide bonds. The van der Waals surface area contributed by atoms with Crippen molar-refractivity contribution >= 4 is 17.5 Å². The largest absolute Gasteiger partial charge is 0.370 e.